The summed E-state index contributed by atoms with van der Waals surface area (Å²) in [5, 5.41) is 5.16. The number of imidazole rings is 1. The maximum atomic E-state index is 11.9. The van der Waals surface area contributed by atoms with Gasteiger partial charge >= 0.3 is 5.97 Å². The van der Waals surface area contributed by atoms with Crippen molar-refractivity contribution in [1.82, 2.24) is 15.1 Å². The summed E-state index contributed by atoms with van der Waals surface area (Å²) in [6.07, 6.45) is 4.54. The standard InChI is InChI=1S/C30H31ClN4O4.C2H6/c1-16-4-3-5-23(31)26(16)27-22(28(39-34-27)17-6-7-17)15-38-21-10-19-13-35(14-20(19)11-21)30-32-24-9-8-18(29(36)37-2)12-25(24)33-30;1-2/h3-5,8-9,12,17,19-21H,6-7,10-11,13-15H2,1-2H3,(H,32,33);1-2H3/t19-,20?,21?;/m0./s1. The lowest BCUT2D eigenvalue weighted by Gasteiger charge is -2.19. The van der Waals surface area contributed by atoms with Crippen LogP contribution in [-0.2, 0) is 16.1 Å². The van der Waals surface area contributed by atoms with Crippen molar-refractivity contribution < 1.29 is 18.8 Å². The number of benzene rings is 2. The molecule has 1 N–H and O–H groups in total. The third-order valence-corrected chi connectivity index (χ3v) is 8.90. The lowest BCUT2D eigenvalue weighted by atomic mass is 10.0. The predicted octanol–water partition coefficient (Wildman–Crippen LogP) is 7.30. The van der Waals surface area contributed by atoms with Gasteiger partial charge in [-0.05, 0) is 74.3 Å². The van der Waals surface area contributed by atoms with Crippen molar-refractivity contribution in [2.45, 2.75) is 65.1 Å². The number of rotatable bonds is 7. The summed E-state index contributed by atoms with van der Waals surface area (Å²) in [6.45, 7) is 8.44. The first-order valence-electron chi connectivity index (χ1n) is 14.7. The molecule has 0 bridgehead atoms. The van der Waals surface area contributed by atoms with E-state index in [2.05, 4.69) is 28.0 Å². The third-order valence-electron chi connectivity index (χ3n) is 8.59. The third kappa shape index (κ3) is 5.35. The van der Waals surface area contributed by atoms with Gasteiger partial charge in [0, 0.05) is 30.1 Å². The number of carbonyl (C=O) groups excluding carboxylic acids is 1. The highest BCUT2D eigenvalue weighted by atomic mass is 35.5. The van der Waals surface area contributed by atoms with Crippen molar-refractivity contribution in [3.63, 3.8) is 0 Å². The molecule has 1 saturated heterocycles. The summed E-state index contributed by atoms with van der Waals surface area (Å²) >= 11 is 6.60. The van der Waals surface area contributed by atoms with Crippen molar-refractivity contribution in [2.75, 3.05) is 25.1 Å². The van der Waals surface area contributed by atoms with E-state index in [0.717, 1.165) is 83.9 Å². The number of ether oxygens (including phenoxy) is 2. The van der Waals surface area contributed by atoms with E-state index in [-0.39, 0.29) is 12.1 Å². The summed E-state index contributed by atoms with van der Waals surface area (Å²) in [5.74, 6) is 3.04. The molecular formula is C32H37ClN4O4. The van der Waals surface area contributed by atoms with E-state index in [1.54, 1.807) is 12.1 Å². The molecule has 3 heterocycles. The van der Waals surface area contributed by atoms with Crippen LogP contribution in [0.3, 0.4) is 0 Å². The van der Waals surface area contributed by atoms with Gasteiger partial charge in [0.05, 0.1) is 41.4 Å². The summed E-state index contributed by atoms with van der Waals surface area (Å²) in [5.41, 5.74) is 6.12. The molecule has 3 aliphatic rings. The van der Waals surface area contributed by atoms with Crippen LogP contribution in [0.1, 0.15) is 72.7 Å². The Morgan fingerprint density at radius 2 is 1.90 bits per heavy atom. The van der Waals surface area contributed by atoms with Crippen molar-refractivity contribution in [3.05, 3.63) is 63.9 Å². The first-order valence-corrected chi connectivity index (χ1v) is 15.0. The van der Waals surface area contributed by atoms with Gasteiger partial charge in [-0.2, -0.15) is 0 Å². The minimum absolute atomic E-state index is 0.211. The molecule has 0 amide bonds. The van der Waals surface area contributed by atoms with Crippen molar-refractivity contribution >= 4 is 34.6 Å². The van der Waals surface area contributed by atoms with Gasteiger partial charge in [0.1, 0.15) is 11.5 Å². The largest absolute Gasteiger partial charge is 0.465 e. The molecule has 1 aliphatic heterocycles. The fourth-order valence-corrected chi connectivity index (χ4v) is 6.71. The molecule has 2 aromatic heterocycles. The maximum Gasteiger partial charge on any atom is 0.337 e. The van der Waals surface area contributed by atoms with Crippen LogP contribution in [0, 0.1) is 18.8 Å². The number of esters is 1. The van der Waals surface area contributed by atoms with Crippen LogP contribution in [0.2, 0.25) is 5.02 Å². The Labute approximate surface area is 245 Å². The molecule has 7 rings (SSSR count). The Balaban J connectivity index is 0.00000148. The van der Waals surface area contributed by atoms with Crippen LogP contribution in [-0.4, -0.2) is 47.4 Å². The number of halogens is 1. The minimum Gasteiger partial charge on any atom is -0.465 e. The molecule has 2 aromatic carbocycles. The molecule has 41 heavy (non-hydrogen) atoms. The van der Waals surface area contributed by atoms with Crippen LogP contribution in [0.4, 0.5) is 5.95 Å². The fourth-order valence-electron chi connectivity index (χ4n) is 6.40. The number of methoxy groups -OCH3 is 1. The molecular weight excluding hydrogens is 540 g/mol. The normalized spacial score (nSPS) is 21.6. The number of nitrogens with one attached hydrogen (secondary N) is 1. The van der Waals surface area contributed by atoms with Crippen LogP contribution in [0.5, 0.6) is 0 Å². The van der Waals surface area contributed by atoms with Gasteiger partial charge in [-0.15, -0.1) is 0 Å². The molecule has 8 nitrogen and oxygen atoms in total. The van der Waals surface area contributed by atoms with Gasteiger partial charge in [0.25, 0.3) is 0 Å². The Kier molecular flexibility index (Phi) is 7.79. The average molecular weight is 577 g/mol. The molecule has 0 radical (unpaired) electrons. The number of aromatic amines is 1. The van der Waals surface area contributed by atoms with E-state index in [1.807, 2.05) is 32.0 Å². The summed E-state index contributed by atoms with van der Waals surface area (Å²) in [4.78, 5) is 22.4. The van der Waals surface area contributed by atoms with E-state index in [0.29, 0.717) is 34.9 Å². The smallest absolute Gasteiger partial charge is 0.337 e. The van der Waals surface area contributed by atoms with Crippen LogP contribution in [0.15, 0.2) is 40.9 Å². The lowest BCUT2D eigenvalue weighted by Crippen LogP contribution is -2.24. The van der Waals surface area contributed by atoms with Gasteiger partial charge < -0.3 is 23.9 Å². The second kappa shape index (κ2) is 11.5. The highest BCUT2D eigenvalue weighted by Crippen LogP contribution is 2.46. The maximum absolute atomic E-state index is 11.9. The number of fused-ring (bicyclic) bond motifs is 2. The van der Waals surface area contributed by atoms with E-state index in [4.69, 9.17) is 30.6 Å². The first-order chi connectivity index (χ1) is 20.0. The van der Waals surface area contributed by atoms with Gasteiger partial charge in [0.15, 0.2) is 0 Å². The molecule has 3 atom stereocenters. The first kappa shape index (κ1) is 27.8. The molecule has 9 heteroatoms. The predicted molar refractivity (Wildman–Crippen MR) is 159 cm³/mol. The Morgan fingerprint density at radius 1 is 1.15 bits per heavy atom. The monoisotopic (exact) mass is 576 g/mol. The fraction of sp³-hybridized carbons (Fsp3) is 0.469. The average Bonchev–Trinajstić information content (AvgIpc) is 3.27. The van der Waals surface area contributed by atoms with Gasteiger partial charge in [-0.1, -0.05) is 42.7 Å². The summed E-state index contributed by atoms with van der Waals surface area (Å²) < 4.78 is 17.3. The number of carbonyl (C=O) groups is 1. The van der Waals surface area contributed by atoms with Crippen LogP contribution >= 0.6 is 11.6 Å². The lowest BCUT2D eigenvalue weighted by molar-refractivity contribution is 0.0402. The quantitative estimate of drug-likeness (QED) is 0.231. The highest BCUT2D eigenvalue weighted by molar-refractivity contribution is 6.33. The number of aryl methyl sites for hydroxylation is 1. The molecule has 2 unspecified atom stereocenters. The molecule has 216 valence electrons. The van der Waals surface area contributed by atoms with E-state index in [9.17, 15) is 4.79 Å². The zero-order valence-electron chi connectivity index (χ0n) is 24.1. The van der Waals surface area contributed by atoms with E-state index >= 15 is 0 Å². The Morgan fingerprint density at radius 3 is 2.59 bits per heavy atom. The summed E-state index contributed by atoms with van der Waals surface area (Å²) in [7, 11) is 1.39. The van der Waals surface area contributed by atoms with Crippen LogP contribution in [0.25, 0.3) is 22.3 Å². The number of aromatic nitrogens is 3. The van der Waals surface area contributed by atoms with Gasteiger partial charge in [0.2, 0.25) is 5.95 Å². The van der Waals surface area contributed by atoms with Gasteiger partial charge in [-0.25, -0.2) is 9.78 Å². The van der Waals surface area contributed by atoms with E-state index < -0.39 is 0 Å². The SMILES string of the molecule is CC.COC(=O)c1ccc2nc(N3CC4CC(OCc5c(-c6c(C)cccc6Cl)noc5C5CC5)C[C@H]4C3)[nH]c2c1. The number of hydrogen-bond acceptors (Lipinski definition) is 7. The number of hydrogen-bond donors (Lipinski definition) is 1. The van der Waals surface area contributed by atoms with Crippen molar-refractivity contribution in [3.8, 4) is 11.3 Å². The van der Waals surface area contributed by atoms with E-state index in [1.165, 1.54) is 7.11 Å². The molecule has 0 spiro atoms. The van der Waals surface area contributed by atoms with Crippen molar-refractivity contribution in [1.29, 1.82) is 0 Å². The number of nitrogens with zero attached hydrogens (tertiary/aromatic N) is 3. The zero-order valence-corrected chi connectivity index (χ0v) is 24.8. The summed E-state index contributed by atoms with van der Waals surface area (Å²) in [6, 6.07) is 11.3. The Bertz CT molecular complexity index is 1520. The minimum atomic E-state index is -0.348. The number of anilines is 1. The van der Waals surface area contributed by atoms with Crippen molar-refractivity contribution in [2.24, 2.45) is 11.8 Å². The van der Waals surface area contributed by atoms with Crippen LogP contribution < -0.4 is 4.90 Å². The molecule has 2 aliphatic carbocycles. The zero-order chi connectivity index (χ0) is 28.7. The van der Waals surface area contributed by atoms with Gasteiger partial charge in [-0.3, -0.25) is 0 Å². The molecule has 3 fully saturated rings. The molecule has 4 aromatic rings. The Hall–Kier alpha value is -3.36. The second-order valence-electron chi connectivity index (χ2n) is 11.2. The second-order valence-corrected chi connectivity index (χ2v) is 11.6. The molecule has 2 saturated carbocycles. The highest BCUT2D eigenvalue weighted by Gasteiger charge is 2.42. The topological polar surface area (TPSA) is 93.5 Å². The number of H-pyrrole nitrogens is 1.